The van der Waals surface area contributed by atoms with E-state index in [0.29, 0.717) is 22.3 Å². The van der Waals surface area contributed by atoms with Crippen molar-refractivity contribution in [3.05, 3.63) is 63.6 Å². The molecular formula is C15H14Cl2N2O. The minimum atomic E-state index is -0.344. The summed E-state index contributed by atoms with van der Waals surface area (Å²) in [6.07, 6.45) is 0. The molecule has 104 valence electrons. The number of para-hydroxylation sites is 1. The molecule has 0 radical (unpaired) electrons. The zero-order valence-electron chi connectivity index (χ0n) is 10.9. The first-order chi connectivity index (χ1) is 9.58. The third-order valence-electron chi connectivity index (χ3n) is 2.90. The van der Waals surface area contributed by atoms with Gasteiger partial charge < -0.3 is 10.6 Å². The second-order valence-electron chi connectivity index (χ2n) is 4.33. The normalized spacial score (nSPS) is 10.2. The third-order valence-corrected chi connectivity index (χ3v) is 3.53. The molecule has 0 aromatic heterocycles. The van der Waals surface area contributed by atoms with Crippen LogP contribution in [0.1, 0.15) is 11.1 Å². The monoisotopic (exact) mass is 308 g/mol. The highest BCUT2D eigenvalue weighted by Gasteiger charge is 2.09. The molecule has 0 saturated heterocycles. The number of hydrogen-bond acceptors (Lipinski definition) is 1. The fourth-order valence-corrected chi connectivity index (χ4v) is 2.25. The highest BCUT2D eigenvalue weighted by Crippen LogP contribution is 2.29. The molecular weight excluding hydrogens is 295 g/mol. The maximum atomic E-state index is 11.9. The Morgan fingerprint density at radius 3 is 2.35 bits per heavy atom. The van der Waals surface area contributed by atoms with E-state index >= 15 is 0 Å². The lowest BCUT2D eigenvalue weighted by Crippen LogP contribution is -2.28. The fraction of sp³-hybridized carbons (Fsp3) is 0.133. The van der Waals surface area contributed by atoms with Crippen molar-refractivity contribution >= 4 is 34.9 Å². The highest BCUT2D eigenvalue weighted by atomic mass is 35.5. The molecule has 20 heavy (non-hydrogen) atoms. The Morgan fingerprint density at radius 1 is 1.05 bits per heavy atom. The molecule has 2 amide bonds. The number of carbonyl (C=O) groups excluding carboxylic acids is 1. The van der Waals surface area contributed by atoms with Crippen LogP contribution in [0.3, 0.4) is 0 Å². The summed E-state index contributed by atoms with van der Waals surface area (Å²) in [4.78, 5) is 11.9. The van der Waals surface area contributed by atoms with Crippen LogP contribution in [-0.4, -0.2) is 6.03 Å². The van der Waals surface area contributed by atoms with Gasteiger partial charge in [-0.1, -0.05) is 53.5 Å². The van der Waals surface area contributed by atoms with Crippen LogP contribution in [0.15, 0.2) is 42.5 Å². The predicted molar refractivity (Wildman–Crippen MR) is 83.5 cm³/mol. The van der Waals surface area contributed by atoms with Crippen molar-refractivity contribution in [2.75, 3.05) is 5.32 Å². The van der Waals surface area contributed by atoms with E-state index in [1.54, 1.807) is 18.2 Å². The maximum Gasteiger partial charge on any atom is 0.319 e. The average Bonchev–Trinajstić information content (AvgIpc) is 2.42. The molecule has 3 nitrogen and oxygen atoms in total. The Kier molecular flexibility index (Phi) is 4.88. The number of nitrogens with one attached hydrogen (secondary N) is 2. The predicted octanol–water partition coefficient (Wildman–Crippen LogP) is 4.62. The van der Waals surface area contributed by atoms with Crippen LogP contribution in [0.5, 0.6) is 0 Å². The molecule has 0 saturated carbocycles. The molecule has 0 spiro atoms. The van der Waals surface area contributed by atoms with Gasteiger partial charge in [-0.05, 0) is 30.2 Å². The van der Waals surface area contributed by atoms with E-state index in [9.17, 15) is 4.79 Å². The lowest BCUT2D eigenvalue weighted by atomic mass is 10.1. The molecule has 2 aromatic rings. The zero-order chi connectivity index (χ0) is 14.5. The summed E-state index contributed by atoms with van der Waals surface area (Å²) >= 11 is 12.0. The Morgan fingerprint density at radius 2 is 1.70 bits per heavy atom. The first-order valence-corrected chi connectivity index (χ1v) is 6.87. The highest BCUT2D eigenvalue weighted by molar-refractivity contribution is 6.39. The van der Waals surface area contributed by atoms with E-state index in [2.05, 4.69) is 10.6 Å². The van der Waals surface area contributed by atoms with E-state index in [1.807, 2.05) is 31.2 Å². The quantitative estimate of drug-likeness (QED) is 0.853. The molecule has 0 aliphatic carbocycles. The van der Waals surface area contributed by atoms with Gasteiger partial charge in [0.05, 0.1) is 15.7 Å². The Balaban J connectivity index is 1.98. The molecule has 0 aliphatic heterocycles. The molecule has 0 aliphatic rings. The SMILES string of the molecule is Cc1ccccc1CNC(=O)Nc1c(Cl)cccc1Cl. The average molecular weight is 309 g/mol. The lowest BCUT2D eigenvalue weighted by Gasteiger charge is -2.11. The molecule has 0 unspecified atom stereocenters. The van der Waals surface area contributed by atoms with Gasteiger partial charge >= 0.3 is 6.03 Å². The van der Waals surface area contributed by atoms with Crippen molar-refractivity contribution in [3.63, 3.8) is 0 Å². The van der Waals surface area contributed by atoms with Crippen LogP contribution in [0.25, 0.3) is 0 Å². The number of carbonyl (C=O) groups is 1. The summed E-state index contributed by atoms with van der Waals surface area (Å²) in [6.45, 7) is 2.44. The first kappa shape index (κ1) is 14.7. The first-order valence-electron chi connectivity index (χ1n) is 6.11. The van der Waals surface area contributed by atoms with Crippen molar-refractivity contribution in [2.24, 2.45) is 0 Å². The minimum Gasteiger partial charge on any atom is -0.334 e. The summed E-state index contributed by atoms with van der Waals surface area (Å²) in [5.74, 6) is 0. The second-order valence-corrected chi connectivity index (χ2v) is 5.15. The molecule has 2 aromatic carbocycles. The molecule has 0 bridgehead atoms. The van der Waals surface area contributed by atoms with Gasteiger partial charge in [-0.25, -0.2) is 4.79 Å². The number of hydrogen-bond donors (Lipinski definition) is 2. The van der Waals surface area contributed by atoms with E-state index in [0.717, 1.165) is 11.1 Å². The van der Waals surface area contributed by atoms with Crippen LogP contribution < -0.4 is 10.6 Å². The van der Waals surface area contributed by atoms with E-state index in [4.69, 9.17) is 23.2 Å². The summed E-state index contributed by atoms with van der Waals surface area (Å²) in [6, 6.07) is 12.6. The molecule has 2 rings (SSSR count). The Hall–Kier alpha value is -1.71. The molecule has 2 N–H and O–H groups in total. The number of amides is 2. The van der Waals surface area contributed by atoms with Gasteiger partial charge in [-0.2, -0.15) is 0 Å². The maximum absolute atomic E-state index is 11.9. The summed E-state index contributed by atoms with van der Waals surface area (Å²) < 4.78 is 0. The van der Waals surface area contributed by atoms with E-state index in [1.165, 1.54) is 0 Å². The molecule has 0 fully saturated rings. The smallest absolute Gasteiger partial charge is 0.319 e. The van der Waals surface area contributed by atoms with Crippen LogP contribution >= 0.6 is 23.2 Å². The van der Waals surface area contributed by atoms with Gasteiger partial charge in [-0.3, -0.25) is 0 Å². The Bertz CT molecular complexity index is 609. The summed E-state index contributed by atoms with van der Waals surface area (Å²) in [5.41, 5.74) is 2.61. The van der Waals surface area contributed by atoms with Crippen LogP contribution in [-0.2, 0) is 6.54 Å². The number of halogens is 2. The minimum absolute atomic E-state index is 0.344. The number of aryl methyl sites for hydroxylation is 1. The van der Waals surface area contributed by atoms with E-state index in [-0.39, 0.29) is 6.03 Å². The fourth-order valence-electron chi connectivity index (χ4n) is 1.76. The van der Waals surface area contributed by atoms with Crippen LogP contribution in [0, 0.1) is 6.92 Å². The zero-order valence-corrected chi connectivity index (χ0v) is 12.4. The van der Waals surface area contributed by atoms with Crippen LogP contribution in [0.2, 0.25) is 10.0 Å². The van der Waals surface area contributed by atoms with Gasteiger partial charge in [-0.15, -0.1) is 0 Å². The van der Waals surface area contributed by atoms with Crippen molar-refractivity contribution in [3.8, 4) is 0 Å². The Labute approximate surface area is 127 Å². The number of rotatable bonds is 3. The van der Waals surface area contributed by atoms with Crippen molar-refractivity contribution in [1.29, 1.82) is 0 Å². The largest absolute Gasteiger partial charge is 0.334 e. The molecule has 5 heteroatoms. The number of benzene rings is 2. The lowest BCUT2D eigenvalue weighted by molar-refractivity contribution is 0.251. The third kappa shape index (κ3) is 3.65. The van der Waals surface area contributed by atoms with Crippen LogP contribution in [0.4, 0.5) is 10.5 Å². The number of urea groups is 1. The van der Waals surface area contributed by atoms with Crippen molar-refractivity contribution < 1.29 is 4.79 Å². The molecule has 0 atom stereocenters. The van der Waals surface area contributed by atoms with Gasteiger partial charge in [0.15, 0.2) is 0 Å². The van der Waals surface area contributed by atoms with Gasteiger partial charge in [0.1, 0.15) is 0 Å². The molecule has 0 heterocycles. The summed E-state index contributed by atoms with van der Waals surface area (Å²) in [5, 5.41) is 6.24. The van der Waals surface area contributed by atoms with Gasteiger partial charge in [0.2, 0.25) is 0 Å². The van der Waals surface area contributed by atoms with Gasteiger partial charge in [0.25, 0.3) is 0 Å². The standard InChI is InChI=1S/C15H14Cl2N2O/c1-10-5-2-3-6-11(10)9-18-15(20)19-14-12(16)7-4-8-13(14)17/h2-8H,9H2,1H3,(H2,18,19,20). The summed E-state index contributed by atoms with van der Waals surface area (Å²) in [7, 11) is 0. The van der Waals surface area contributed by atoms with Crippen molar-refractivity contribution in [2.45, 2.75) is 13.5 Å². The topological polar surface area (TPSA) is 41.1 Å². The van der Waals surface area contributed by atoms with E-state index < -0.39 is 0 Å². The number of anilines is 1. The van der Waals surface area contributed by atoms with Gasteiger partial charge in [0, 0.05) is 6.54 Å². The second kappa shape index (κ2) is 6.64. The van der Waals surface area contributed by atoms with Crippen molar-refractivity contribution in [1.82, 2.24) is 5.32 Å².